The van der Waals surface area contributed by atoms with E-state index in [-0.39, 0.29) is 0 Å². The Morgan fingerprint density at radius 1 is 1.30 bits per heavy atom. The van der Waals surface area contributed by atoms with E-state index in [9.17, 15) is 0 Å². The van der Waals surface area contributed by atoms with Crippen molar-refractivity contribution < 1.29 is 9.47 Å². The summed E-state index contributed by atoms with van der Waals surface area (Å²) in [6, 6.07) is 0. The molecule has 10 heavy (non-hydrogen) atoms. The van der Waals surface area contributed by atoms with Crippen LogP contribution in [-0.4, -0.2) is 43.5 Å². The van der Waals surface area contributed by atoms with Crippen molar-refractivity contribution in [3.8, 4) is 0 Å². The molecular formula is C7H13NO2. The average molecular weight is 143 g/mol. The van der Waals surface area contributed by atoms with Gasteiger partial charge in [-0.1, -0.05) is 0 Å². The zero-order chi connectivity index (χ0) is 6.97. The fourth-order valence-corrected chi connectivity index (χ4v) is 1.39. The highest BCUT2D eigenvalue weighted by Gasteiger charge is 2.39. The summed E-state index contributed by atoms with van der Waals surface area (Å²) >= 11 is 0. The van der Waals surface area contributed by atoms with Gasteiger partial charge in [0.25, 0.3) is 0 Å². The Labute approximate surface area is 60.9 Å². The van der Waals surface area contributed by atoms with Gasteiger partial charge in [-0.2, -0.15) is 0 Å². The fourth-order valence-electron chi connectivity index (χ4n) is 1.39. The minimum Gasteiger partial charge on any atom is -0.379 e. The van der Waals surface area contributed by atoms with Crippen LogP contribution in [0.4, 0.5) is 0 Å². The number of nitrogens with zero attached hydrogens (tertiary/aromatic N) is 1. The van der Waals surface area contributed by atoms with Crippen LogP contribution in [0.15, 0.2) is 0 Å². The molecule has 0 radical (unpaired) electrons. The third kappa shape index (κ3) is 1.17. The summed E-state index contributed by atoms with van der Waals surface area (Å²) in [5.74, 6) is 0. The Morgan fingerprint density at radius 3 is 2.40 bits per heavy atom. The lowest BCUT2D eigenvalue weighted by molar-refractivity contribution is 0.0162. The molecule has 2 aliphatic heterocycles. The first-order chi connectivity index (χ1) is 4.88. The molecule has 2 unspecified atom stereocenters. The molecule has 0 saturated carbocycles. The molecule has 0 aromatic heterocycles. The maximum atomic E-state index is 5.33. The molecular weight excluding hydrogens is 130 g/mol. The van der Waals surface area contributed by atoms with Crippen LogP contribution < -0.4 is 0 Å². The van der Waals surface area contributed by atoms with Gasteiger partial charge >= 0.3 is 0 Å². The standard InChI is InChI=1S/C7H13NO2/c1-6-7(10-6)8-2-4-9-5-3-8/h6-7H,2-5H2,1H3. The van der Waals surface area contributed by atoms with E-state index in [1.165, 1.54) is 0 Å². The summed E-state index contributed by atoms with van der Waals surface area (Å²) in [5.41, 5.74) is 0. The predicted octanol–water partition coefficient (Wildman–Crippen LogP) is 0.0634. The third-order valence-electron chi connectivity index (χ3n) is 2.08. The van der Waals surface area contributed by atoms with E-state index in [1.807, 2.05) is 0 Å². The molecule has 0 aromatic rings. The second-order valence-corrected chi connectivity index (χ2v) is 2.88. The van der Waals surface area contributed by atoms with Gasteiger partial charge in [0.2, 0.25) is 0 Å². The van der Waals surface area contributed by atoms with Crippen molar-refractivity contribution in [2.75, 3.05) is 26.3 Å². The summed E-state index contributed by atoms with van der Waals surface area (Å²) in [7, 11) is 0. The average Bonchev–Trinajstić information content (AvgIpc) is 2.69. The molecule has 2 rings (SSSR count). The van der Waals surface area contributed by atoms with E-state index in [1.54, 1.807) is 0 Å². The number of hydrogen-bond acceptors (Lipinski definition) is 3. The molecule has 0 amide bonds. The second kappa shape index (κ2) is 2.49. The molecule has 2 aliphatic rings. The summed E-state index contributed by atoms with van der Waals surface area (Å²) in [5, 5.41) is 0. The lowest BCUT2D eigenvalue weighted by atomic mass is 10.4. The molecule has 2 heterocycles. The number of epoxide rings is 1. The van der Waals surface area contributed by atoms with Crippen molar-refractivity contribution in [1.29, 1.82) is 0 Å². The van der Waals surface area contributed by atoms with Gasteiger partial charge in [0.1, 0.15) is 6.23 Å². The largest absolute Gasteiger partial charge is 0.379 e. The molecule has 3 heteroatoms. The smallest absolute Gasteiger partial charge is 0.137 e. The van der Waals surface area contributed by atoms with E-state index < -0.39 is 0 Å². The predicted molar refractivity (Wildman–Crippen MR) is 36.7 cm³/mol. The number of ether oxygens (including phenoxy) is 2. The minimum atomic E-state index is 0.406. The minimum absolute atomic E-state index is 0.406. The molecule has 0 N–H and O–H groups in total. The molecule has 58 valence electrons. The Morgan fingerprint density at radius 2 is 1.90 bits per heavy atom. The van der Waals surface area contributed by atoms with Crippen LogP contribution in [0.2, 0.25) is 0 Å². The van der Waals surface area contributed by atoms with Crippen molar-refractivity contribution in [3.63, 3.8) is 0 Å². The normalized spacial score (nSPS) is 41.7. The van der Waals surface area contributed by atoms with Crippen LogP contribution in [-0.2, 0) is 9.47 Å². The lowest BCUT2D eigenvalue weighted by Gasteiger charge is -2.24. The highest BCUT2D eigenvalue weighted by Crippen LogP contribution is 2.25. The summed E-state index contributed by atoms with van der Waals surface area (Å²) in [6.45, 7) is 5.92. The van der Waals surface area contributed by atoms with Crippen LogP contribution >= 0.6 is 0 Å². The first-order valence-corrected chi connectivity index (χ1v) is 3.85. The van der Waals surface area contributed by atoms with Crippen LogP contribution in [0.5, 0.6) is 0 Å². The fraction of sp³-hybridized carbons (Fsp3) is 1.00. The zero-order valence-electron chi connectivity index (χ0n) is 6.25. The maximum absolute atomic E-state index is 5.33. The van der Waals surface area contributed by atoms with Crippen molar-refractivity contribution in [3.05, 3.63) is 0 Å². The van der Waals surface area contributed by atoms with Crippen LogP contribution in [0.3, 0.4) is 0 Å². The van der Waals surface area contributed by atoms with Gasteiger partial charge in [0.15, 0.2) is 0 Å². The topological polar surface area (TPSA) is 25.0 Å². The van der Waals surface area contributed by atoms with Crippen LogP contribution in [0.1, 0.15) is 6.92 Å². The maximum Gasteiger partial charge on any atom is 0.137 e. The lowest BCUT2D eigenvalue weighted by Crippen LogP contribution is -2.38. The van der Waals surface area contributed by atoms with Gasteiger partial charge in [-0.25, -0.2) is 0 Å². The zero-order valence-corrected chi connectivity index (χ0v) is 6.25. The van der Waals surface area contributed by atoms with Crippen LogP contribution in [0.25, 0.3) is 0 Å². The van der Waals surface area contributed by atoms with Crippen molar-refractivity contribution in [1.82, 2.24) is 4.90 Å². The van der Waals surface area contributed by atoms with Crippen molar-refractivity contribution in [2.45, 2.75) is 19.3 Å². The third-order valence-corrected chi connectivity index (χ3v) is 2.08. The SMILES string of the molecule is CC1OC1N1CCOCC1. The molecule has 2 atom stereocenters. The highest BCUT2D eigenvalue weighted by atomic mass is 16.6. The van der Waals surface area contributed by atoms with Gasteiger partial charge in [-0.05, 0) is 6.92 Å². The quantitative estimate of drug-likeness (QED) is 0.485. The van der Waals surface area contributed by atoms with Crippen molar-refractivity contribution in [2.24, 2.45) is 0 Å². The van der Waals surface area contributed by atoms with Gasteiger partial charge in [0.05, 0.1) is 19.3 Å². The number of rotatable bonds is 1. The van der Waals surface area contributed by atoms with Gasteiger partial charge in [0, 0.05) is 13.1 Å². The number of hydrogen-bond donors (Lipinski definition) is 0. The van der Waals surface area contributed by atoms with E-state index in [4.69, 9.17) is 9.47 Å². The monoisotopic (exact) mass is 143 g/mol. The van der Waals surface area contributed by atoms with E-state index >= 15 is 0 Å². The molecule has 2 saturated heterocycles. The molecule has 2 fully saturated rings. The van der Waals surface area contributed by atoms with E-state index in [0.29, 0.717) is 12.3 Å². The second-order valence-electron chi connectivity index (χ2n) is 2.88. The Bertz CT molecular complexity index is 123. The Kier molecular flexibility index (Phi) is 1.64. The summed E-state index contributed by atoms with van der Waals surface area (Å²) < 4.78 is 10.5. The summed E-state index contributed by atoms with van der Waals surface area (Å²) in [4.78, 5) is 2.34. The molecule has 3 nitrogen and oxygen atoms in total. The summed E-state index contributed by atoms with van der Waals surface area (Å²) in [6.07, 6.45) is 0.863. The first-order valence-electron chi connectivity index (χ1n) is 3.85. The van der Waals surface area contributed by atoms with Gasteiger partial charge in [-0.15, -0.1) is 0 Å². The molecule has 0 aromatic carbocycles. The highest BCUT2D eigenvalue weighted by molar-refractivity contribution is 4.82. The van der Waals surface area contributed by atoms with Gasteiger partial charge < -0.3 is 9.47 Å². The number of morpholine rings is 1. The molecule has 0 spiro atoms. The Balaban J connectivity index is 1.81. The molecule has 0 bridgehead atoms. The van der Waals surface area contributed by atoms with Crippen molar-refractivity contribution >= 4 is 0 Å². The first kappa shape index (κ1) is 6.58. The Hall–Kier alpha value is -0.120. The van der Waals surface area contributed by atoms with E-state index in [2.05, 4.69) is 11.8 Å². The van der Waals surface area contributed by atoms with Gasteiger partial charge in [-0.3, -0.25) is 4.90 Å². The van der Waals surface area contributed by atoms with E-state index in [0.717, 1.165) is 26.3 Å². The van der Waals surface area contributed by atoms with Crippen LogP contribution in [0, 0.1) is 0 Å². The molecule has 0 aliphatic carbocycles.